The van der Waals surface area contributed by atoms with E-state index in [0.717, 1.165) is 0 Å². The molecule has 1 rings (SSSR count). The number of rotatable bonds is 5. The van der Waals surface area contributed by atoms with Gasteiger partial charge in [0.25, 0.3) is 5.91 Å². The van der Waals surface area contributed by atoms with Gasteiger partial charge in [0.05, 0.1) is 6.61 Å². The highest BCUT2D eigenvalue weighted by Crippen LogP contribution is 2.03. The molecule has 100 valence electrons. The van der Waals surface area contributed by atoms with Crippen LogP contribution in [0.5, 0.6) is 0 Å². The first-order valence-electron chi connectivity index (χ1n) is 5.82. The lowest BCUT2D eigenvalue weighted by atomic mass is 10.1. The van der Waals surface area contributed by atoms with Crippen molar-refractivity contribution in [2.45, 2.75) is 13.8 Å². The zero-order chi connectivity index (χ0) is 14.0. The molecule has 3 N–H and O–H groups in total. The summed E-state index contributed by atoms with van der Waals surface area (Å²) in [6.45, 7) is 4.91. The largest absolute Gasteiger partial charge is 0.383 e. The Balaban J connectivity index is 0.00000137. The summed E-state index contributed by atoms with van der Waals surface area (Å²) < 4.78 is 4.80. The molecule has 0 heterocycles. The third kappa shape index (κ3) is 5.45. The smallest absolute Gasteiger partial charge is 0.251 e. The fourth-order valence-corrected chi connectivity index (χ4v) is 1.15. The Morgan fingerprint density at radius 3 is 2.11 bits per heavy atom. The number of primary amides is 1. The SMILES string of the molecule is CC.COCCNC(=O)c1ccc(C(N)=O)cc1. The Morgan fingerprint density at radius 1 is 1.17 bits per heavy atom. The second-order valence-corrected chi connectivity index (χ2v) is 3.19. The Bertz CT molecular complexity index is 374. The third-order valence-electron chi connectivity index (χ3n) is 2.02. The van der Waals surface area contributed by atoms with E-state index in [1.54, 1.807) is 19.2 Å². The van der Waals surface area contributed by atoms with Crippen molar-refractivity contribution < 1.29 is 14.3 Å². The minimum atomic E-state index is -0.508. The maximum absolute atomic E-state index is 11.5. The summed E-state index contributed by atoms with van der Waals surface area (Å²) in [7, 11) is 1.56. The van der Waals surface area contributed by atoms with Crippen LogP contribution >= 0.6 is 0 Å². The molecule has 0 radical (unpaired) electrons. The van der Waals surface area contributed by atoms with Crippen LogP contribution in [0.4, 0.5) is 0 Å². The summed E-state index contributed by atoms with van der Waals surface area (Å²) in [6, 6.07) is 6.16. The second kappa shape index (κ2) is 9.18. The molecule has 0 bridgehead atoms. The maximum Gasteiger partial charge on any atom is 0.251 e. The molecule has 0 atom stereocenters. The number of hydrogen-bond donors (Lipinski definition) is 2. The number of nitrogens with two attached hydrogens (primary N) is 1. The van der Waals surface area contributed by atoms with Gasteiger partial charge in [0.15, 0.2) is 0 Å². The number of nitrogens with one attached hydrogen (secondary N) is 1. The zero-order valence-electron chi connectivity index (χ0n) is 11.0. The number of carbonyl (C=O) groups excluding carboxylic acids is 2. The molecule has 0 aliphatic carbocycles. The van der Waals surface area contributed by atoms with Crippen molar-refractivity contribution in [1.82, 2.24) is 5.32 Å². The van der Waals surface area contributed by atoms with E-state index in [1.807, 2.05) is 13.8 Å². The molecule has 0 aliphatic heterocycles. The van der Waals surface area contributed by atoms with Gasteiger partial charge in [0.2, 0.25) is 5.91 Å². The van der Waals surface area contributed by atoms with Gasteiger partial charge in [-0.15, -0.1) is 0 Å². The van der Waals surface area contributed by atoms with Crippen molar-refractivity contribution in [3.63, 3.8) is 0 Å². The minimum absolute atomic E-state index is 0.201. The molecule has 0 aliphatic rings. The molecule has 0 aromatic heterocycles. The first-order valence-corrected chi connectivity index (χ1v) is 5.82. The van der Waals surface area contributed by atoms with Crippen LogP contribution in [-0.2, 0) is 4.74 Å². The van der Waals surface area contributed by atoms with E-state index in [9.17, 15) is 9.59 Å². The number of amides is 2. The summed E-state index contributed by atoms with van der Waals surface area (Å²) >= 11 is 0. The van der Waals surface area contributed by atoms with Crippen molar-refractivity contribution in [1.29, 1.82) is 0 Å². The molecule has 1 aromatic carbocycles. The Labute approximate surface area is 107 Å². The molecule has 18 heavy (non-hydrogen) atoms. The highest BCUT2D eigenvalue weighted by molar-refractivity contribution is 5.97. The van der Waals surface area contributed by atoms with Gasteiger partial charge in [-0.2, -0.15) is 0 Å². The van der Waals surface area contributed by atoms with Crippen LogP contribution in [0.25, 0.3) is 0 Å². The number of ether oxygens (including phenoxy) is 1. The zero-order valence-corrected chi connectivity index (χ0v) is 11.0. The van der Waals surface area contributed by atoms with E-state index in [0.29, 0.717) is 24.3 Å². The average Bonchev–Trinajstić information content (AvgIpc) is 2.41. The molecule has 0 unspecified atom stereocenters. The number of carbonyl (C=O) groups is 2. The first-order chi connectivity index (χ1) is 8.65. The van der Waals surface area contributed by atoms with Crippen LogP contribution < -0.4 is 11.1 Å². The van der Waals surface area contributed by atoms with Crippen molar-refractivity contribution in [3.8, 4) is 0 Å². The van der Waals surface area contributed by atoms with Gasteiger partial charge in [0, 0.05) is 24.8 Å². The topological polar surface area (TPSA) is 81.4 Å². The number of benzene rings is 1. The molecule has 0 fully saturated rings. The molecule has 1 aromatic rings. The van der Waals surface area contributed by atoms with Crippen molar-refractivity contribution in [3.05, 3.63) is 35.4 Å². The quantitative estimate of drug-likeness (QED) is 0.772. The van der Waals surface area contributed by atoms with E-state index in [-0.39, 0.29) is 5.91 Å². The van der Waals surface area contributed by atoms with E-state index in [2.05, 4.69) is 5.32 Å². The molecule has 0 spiro atoms. The van der Waals surface area contributed by atoms with Crippen LogP contribution in [0.2, 0.25) is 0 Å². The van der Waals surface area contributed by atoms with Crippen LogP contribution in [-0.4, -0.2) is 32.1 Å². The Kier molecular flexibility index (Phi) is 8.22. The van der Waals surface area contributed by atoms with Gasteiger partial charge in [0.1, 0.15) is 0 Å². The lowest BCUT2D eigenvalue weighted by molar-refractivity contribution is 0.0935. The summed E-state index contributed by atoms with van der Waals surface area (Å²) in [5.74, 6) is -0.709. The van der Waals surface area contributed by atoms with Crippen molar-refractivity contribution in [2.75, 3.05) is 20.3 Å². The average molecular weight is 252 g/mol. The lowest BCUT2D eigenvalue weighted by Gasteiger charge is -2.04. The standard InChI is InChI=1S/C11H14N2O3.C2H6/c1-16-7-6-13-11(15)9-4-2-8(3-5-9)10(12)14;1-2/h2-5H,6-7H2,1H3,(H2,12,14)(H,13,15);1-2H3. The molecular weight excluding hydrogens is 232 g/mol. The fourth-order valence-electron chi connectivity index (χ4n) is 1.15. The van der Waals surface area contributed by atoms with Crippen LogP contribution in [0.3, 0.4) is 0 Å². The van der Waals surface area contributed by atoms with Crippen LogP contribution in [0.1, 0.15) is 34.6 Å². The Morgan fingerprint density at radius 2 is 1.67 bits per heavy atom. The van der Waals surface area contributed by atoms with Crippen molar-refractivity contribution in [2.24, 2.45) is 5.73 Å². The predicted molar refractivity (Wildman–Crippen MR) is 70.5 cm³/mol. The van der Waals surface area contributed by atoms with Crippen LogP contribution in [0.15, 0.2) is 24.3 Å². The van der Waals surface area contributed by atoms with Gasteiger partial charge in [-0.05, 0) is 24.3 Å². The van der Waals surface area contributed by atoms with E-state index in [1.165, 1.54) is 12.1 Å². The summed E-state index contributed by atoms with van der Waals surface area (Å²) in [5, 5.41) is 2.67. The summed E-state index contributed by atoms with van der Waals surface area (Å²) in [5.41, 5.74) is 5.95. The molecule has 5 nitrogen and oxygen atoms in total. The second-order valence-electron chi connectivity index (χ2n) is 3.19. The van der Waals surface area contributed by atoms with E-state index in [4.69, 9.17) is 10.5 Å². The van der Waals surface area contributed by atoms with E-state index < -0.39 is 5.91 Å². The van der Waals surface area contributed by atoms with Gasteiger partial charge in [-0.1, -0.05) is 13.8 Å². The number of methoxy groups -OCH3 is 1. The summed E-state index contributed by atoms with van der Waals surface area (Å²) in [4.78, 5) is 22.3. The normalized spacial score (nSPS) is 9.06. The first kappa shape index (κ1) is 16.1. The molecule has 0 saturated carbocycles. The molecular formula is C13H20N2O3. The molecule has 0 saturated heterocycles. The minimum Gasteiger partial charge on any atom is -0.383 e. The van der Waals surface area contributed by atoms with E-state index >= 15 is 0 Å². The predicted octanol–water partition coefficient (Wildman–Crippen LogP) is 1.19. The third-order valence-corrected chi connectivity index (χ3v) is 2.02. The maximum atomic E-state index is 11.5. The number of hydrogen-bond acceptors (Lipinski definition) is 3. The monoisotopic (exact) mass is 252 g/mol. The Hall–Kier alpha value is -1.88. The van der Waals surface area contributed by atoms with Gasteiger partial charge in [-0.3, -0.25) is 9.59 Å². The highest BCUT2D eigenvalue weighted by atomic mass is 16.5. The van der Waals surface area contributed by atoms with Crippen molar-refractivity contribution >= 4 is 11.8 Å². The van der Waals surface area contributed by atoms with Gasteiger partial charge in [-0.25, -0.2) is 0 Å². The molecule has 5 heteroatoms. The highest BCUT2D eigenvalue weighted by Gasteiger charge is 2.05. The lowest BCUT2D eigenvalue weighted by Crippen LogP contribution is -2.27. The molecule has 2 amide bonds. The van der Waals surface area contributed by atoms with Gasteiger partial charge < -0.3 is 15.8 Å². The summed E-state index contributed by atoms with van der Waals surface area (Å²) in [6.07, 6.45) is 0. The van der Waals surface area contributed by atoms with Gasteiger partial charge >= 0.3 is 0 Å². The fraction of sp³-hybridized carbons (Fsp3) is 0.385. The van der Waals surface area contributed by atoms with Crippen LogP contribution in [0, 0.1) is 0 Å².